The predicted octanol–water partition coefficient (Wildman–Crippen LogP) is 1.10. The summed E-state index contributed by atoms with van der Waals surface area (Å²) in [5.41, 5.74) is 0. The molecule has 0 unspecified atom stereocenters. The van der Waals surface area contributed by atoms with Crippen LogP contribution in [0.15, 0.2) is 12.2 Å². The highest BCUT2D eigenvalue weighted by Gasteiger charge is 1.98. The van der Waals surface area contributed by atoms with E-state index in [0.717, 1.165) is 0 Å². The van der Waals surface area contributed by atoms with Gasteiger partial charge in [-0.2, -0.15) is 0 Å². The fourth-order valence-corrected chi connectivity index (χ4v) is 0.701. The predicted molar refractivity (Wildman–Crippen MR) is 47.1 cm³/mol. The number of esters is 1. The molecule has 0 aliphatic carbocycles. The Kier molecular flexibility index (Phi) is 6.81. The highest BCUT2D eigenvalue weighted by atomic mass is 35.5. The Morgan fingerprint density at radius 3 is 2.92 bits per heavy atom. The SMILES string of the molecule is CCOC(=O)/C=C/C[C@@H](O)CCl. The highest BCUT2D eigenvalue weighted by Crippen LogP contribution is 1.95. The van der Waals surface area contributed by atoms with Crippen LogP contribution in [-0.2, 0) is 9.53 Å². The minimum Gasteiger partial charge on any atom is -0.463 e. The van der Waals surface area contributed by atoms with E-state index in [4.69, 9.17) is 16.7 Å². The van der Waals surface area contributed by atoms with Crippen LogP contribution in [0.4, 0.5) is 0 Å². The molecule has 4 heteroatoms. The second-order valence-electron chi connectivity index (χ2n) is 2.20. The summed E-state index contributed by atoms with van der Waals surface area (Å²) in [4.78, 5) is 10.7. The summed E-state index contributed by atoms with van der Waals surface area (Å²) in [5.74, 6) is -0.216. The van der Waals surface area contributed by atoms with Crippen molar-refractivity contribution in [2.75, 3.05) is 12.5 Å². The van der Waals surface area contributed by atoms with Gasteiger partial charge in [-0.05, 0) is 13.3 Å². The van der Waals surface area contributed by atoms with E-state index in [1.807, 2.05) is 0 Å². The minimum absolute atomic E-state index is 0.174. The van der Waals surface area contributed by atoms with Crippen molar-refractivity contribution in [1.82, 2.24) is 0 Å². The van der Waals surface area contributed by atoms with Gasteiger partial charge in [0.05, 0.1) is 12.7 Å². The first kappa shape index (κ1) is 11.5. The van der Waals surface area contributed by atoms with Gasteiger partial charge in [0.1, 0.15) is 0 Å². The van der Waals surface area contributed by atoms with Crippen molar-refractivity contribution in [3.8, 4) is 0 Å². The van der Waals surface area contributed by atoms with Crippen molar-refractivity contribution >= 4 is 17.6 Å². The molecule has 0 spiro atoms. The Labute approximate surface area is 77.0 Å². The lowest BCUT2D eigenvalue weighted by molar-refractivity contribution is -0.137. The average molecular weight is 193 g/mol. The molecule has 0 saturated carbocycles. The van der Waals surface area contributed by atoms with Crippen LogP contribution in [0, 0.1) is 0 Å². The molecule has 0 fully saturated rings. The smallest absolute Gasteiger partial charge is 0.330 e. The normalized spacial score (nSPS) is 13.2. The summed E-state index contributed by atoms with van der Waals surface area (Å²) < 4.78 is 4.62. The molecule has 0 rings (SSSR count). The van der Waals surface area contributed by atoms with E-state index in [9.17, 15) is 4.79 Å². The third kappa shape index (κ3) is 6.19. The molecule has 1 atom stereocenters. The van der Waals surface area contributed by atoms with Crippen molar-refractivity contribution < 1.29 is 14.6 Å². The van der Waals surface area contributed by atoms with Crippen molar-refractivity contribution in [2.24, 2.45) is 0 Å². The van der Waals surface area contributed by atoms with Crippen LogP contribution < -0.4 is 0 Å². The van der Waals surface area contributed by atoms with Gasteiger partial charge >= 0.3 is 5.97 Å². The molecule has 0 saturated heterocycles. The molecule has 0 aliphatic heterocycles. The summed E-state index contributed by atoms with van der Waals surface area (Å²) in [6, 6.07) is 0. The molecule has 0 radical (unpaired) electrons. The van der Waals surface area contributed by atoms with E-state index in [1.165, 1.54) is 6.08 Å². The maximum Gasteiger partial charge on any atom is 0.330 e. The van der Waals surface area contributed by atoms with Crippen molar-refractivity contribution in [1.29, 1.82) is 0 Å². The molecule has 1 N–H and O–H groups in total. The molecule has 0 aliphatic rings. The number of halogens is 1. The van der Waals surface area contributed by atoms with Crippen LogP contribution >= 0.6 is 11.6 Å². The van der Waals surface area contributed by atoms with E-state index in [1.54, 1.807) is 13.0 Å². The van der Waals surface area contributed by atoms with Gasteiger partial charge < -0.3 is 9.84 Å². The molecular weight excluding hydrogens is 180 g/mol. The van der Waals surface area contributed by atoms with Crippen molar-refractivity contribution in [3.63, 3.8) is 0 Å². The Morgan fingerprint density at radius 1 is 1.75 bits per heavy atom. The quantitative estimate of drug-likeness (QED) is 0.403. The maximum atomic E-state index is 10.7. The van der Waals surface area contributed by atoms with Crippen LogP contribution in [0.25, 0.3) is 0 Å². The zero-order chi connectivity index (χ0) is 9.40. The number of aliphatic hydroxyl groups is 1. The molecule has 0 heterocycles. The average Bonchev–Trinajstić information content (AvgIpc) is 2.04. The molecule has 3 nitrogen and oxygen atoms in total. The Balaban J connectivity index is 3.54. The number of carbonyl (C=O) groups excluding carboxylic acids is 1. The van der Waals surface area contributed by atoms with Gasteiger partial charge in [-0.25, -0.2) is 4.79 Å². The molecule has 0 aromatic heterocycles. The lowest BCUT2D eigenvalue weighted by atomic mass is 10.2. The van der Waals surface area contributed by atoms with Crippen LogP contribution in [0.2, 0.25) is 0 Å². The van der Waals surface area contributed by atoms with Gasteiger partial charge in [0.25, 0.3) is 0 Å². The first-order chi connectivity index (χ1) is 5.70. The number of hydrogen-bond donors (Lipinski definition) is 1. The summed E-state index contributed by atoms with van der Waals surface area (Å²) in [6.07, 6.45) is 2.63. The monoisotopic (exact) mass is 192 g/mol. The van der Waals surface area contributed by atoms with Gasteiger partial charge in [-0.1, -0.05) is 6.08 Å². The zero-order valence-corrected chi connectivity index (χ0v) is 7.75. The van der Waals surface area contributed by atoms with E-state index >= 15 is 0 Å². The van der Waals surface area contributed by atoms with Gasteiger partial charge in [-0.3, -0.25) is 0 Å². The molecule has 0 aromatic carbocycles. The molecular formula is C8H13ClO3. The number of hydrogen-bond acceptors (Lipinski definition) is 3. The topological polar surface area (TPSA) is 46.5 Å². The summed E-state index contributed by atoms with van der Waals surface area (Å²) in [7, 11) is 0. The van der Waals surface area contributed by atoms with E-state index < -0.39 is 6.10 Å². The third-order valence-corrected chi connectivity index (χ3v) is 1.48. The summed E-state index contributed by atoms with van der Waals surface area (Å²) >= 11 is 5.33. The Morgan fingerprint density at radius 2 is 2.42 bits per heavy atom. The van der Waals surface area contributed by atoms with E-state index in [2.05, 4.69) is 4.74 Å². The fourth-order valence-electron chi connectivity index (χ4n) is 0.575. The summed E-state index contributed by atoms with van der Waals surface area (Å²) in [5, 5.41) is 8.97. The van der Waals surface area contributed by atoms with Crippen molar-refractivity contribution in [2.45, 2.75) is 19.4 Å². The largest absolute Gasteiger partial charge is 0.463 e. The first-order valence-electron chi connectivity index (χ1n) is 3.78. The van der Waals surface area contributed by atoms with Gasteiger partial charge in [0.2, 0.25) is 0 Å². The highest BCUT2D eigenvalue weighted by molar-refractivity contribution is 6.18. The van der Waals surface area contributed by atoms with Gasteiger partial charge in [0, 0.05) is 12.0 Å². The number of alkyl halides is 1. The zero-order valence-electron chi connectivity index (χ0n) is 7.00. The summed E-state index contributed by atoms with van der Waals surface area (Å²) in [6.45, 7) is 2.10. The van der Waals surface area contributed by atoms with E-state index in [0.29, 0.717) is 13.0 Å². The minimum atomic E-state index is -0.586. The third-order valence-electron chi connectivity index (χ3n) is 1.13. The Bertz CT molecular complexity index is 156. The van der Waals surface area contributed by atoms with Crippen molar-refractivity contribution in [3.05, 3.63) is 12.2 Å². The van der Waals surface area contributed by atoms with Crippen LogP contribution in [0.3, 0.4) is 0 Å². The number of rotatable bonds is 5. The maximum absolute atomic E-state index is 10.7. The van der Waals surface area contributed by atoms with Gasteiger partial charge in [-0.15, -0.1) is 11.6 Å². The Hall–Kier alpha value is -0.540. The lowest BCUT2D eigenvalue weighted by Crippen LogP contribution is -2.06. The standard InChI is InChI=1S/C8H13ClO3/c1-2-12-8(11)5-3-4-7(10)6-9/h3,5,7,10H,2,4,6H2,1H3/b5-3+/t7-/m1/s1. The number of carbonyl (C=O) groups is 1. The first-order valence-corrected chi connectivity index (χ1v) is 4.31. The molecule has 0 bridgehead atoms. The number of ether oxygens (including phenoxy) is 1. The molecule has 12 heavy (non-hydrogen) atoms. The molecule has 70 valence electrons. The fraction of sp³-hybridized carbons (Fsp3) is 0.625. The van der Waals surface area contributed by atoms with E-state index in [-0.39, 0.29) is 11.8 Å². The second-order valence-corrected chi connectivity index (χ2v) is 2.51. The second kappa shape index (κ2) is 7.13. The lowest BCUT2D eigenvalue weighted by Gasteiger charge is -2.00. The molecule has 0 aromatic rings. The van der Waals surface area contributed by atoms with Crippen LogP contribution in [0.5, 0.6) is 0 Å². The van der Waals surface area contributed by atoms with Crippen LogP contribution in [0.1, 0.15) is 13.3 Å². The molecule has 0 amide bonds. The van der Waals surface area contributed by atoms with Crippen LogP contribution in [-0.4, -0.2) is 29.7 Å². The van der Waals surface area contributed by atoms with Gasteiger partial charge in [0.15, 0.2) is 0 Å². The number of aliphatic hydroxyl groups excluding tert-OH is 1.